The number of carbonyl (C=O) groups excluding carboxylic acids is 1. The molecule has 3 aromatic rings. The largest absolute Gasteiger partial charge is 0.302 e. The van der Waals surface area contributed by atoms with Gasteiger partial charge in [-0.3, -0.25) is 14.2 Å². The van der Waals surface area contributed by atoms with Gasteiger partial charge in [-0.2, -0.15) is 9.13 Å². The van der Waals surface area contributed by atoms with Crippen molar-refractivity contribution in [3.8, 4) is 11.4 Å². The molecule has 18 heavy (non-hydrogen) atoms. The van der Waals surface area contributed by atoms with Crippen molar-refractivity contribution in [3.63, 3.8) is 0 Å². The summed E-state index contributed by atoms with van der Waals surface area (Å²) in [5.74, 6) is 1.46. The molecule has 1 aromatic carbocycles. The molecule has 0 aliphatic rings. The molecule has 0 atom stereocenters. The zero-order valence-electron chi connectivity index (χ0n) is 9.99. The van der Waals surface area contributed by atoms with Gasteiger partial charge in [0, 0.05) is 19.3 Å². The van der Waals surface area contributed by atoms with E-state index in [0.717, 1.165) is 5.82 Å². The molecule has 90 valence electrons. The Morgan fingerprint density at radius 3 is 2.67 bits per heavy atom. The van der Waals surface area contributed by atoms with Gasteiger partial charge in [-0.05, 0) is 6.92 Å². The Bertz CT molecular complexity index is 756. The Kier molecular flexibility index (Phi) is 2.07. The van der Waals surface area contributed by atoms with Crippen molar-refractivity contribution in [1.82, 2.24) is 14.1 Å². The van der Waals surface area contributed by atoms with Crippen molar-refractivity contribution < 1.29 is 9.36 Å². The lowest BCUT2D eigenvalue weighted by Crippen LogP contribution is -2.31. The molecule has 6 heteroatoms. The van der Waals surface area contributed by atoms with Gasteiger partial charge in [-0.25, -0.2) is 4.98 Å². The number of imidazole rings is 2. The predicted octanol–water partition coefficient (Wildman–Crippen LogP) is -0.159. The first-order chi connectivity index (χ1) is 8.65. The van der Waals surface area contributed by atoms with E-state index in [2.05, 4.69) is 4.98 Å². The smallest absolute Gasteiger partial charge is 0.296 e. The van der Waals surface area contributed by atoms with Crippen LogP contribution in [-0.4, -0.2) is 20.5 Å². The van der Waals surface area contributed by atoms with E-state index in [4.69, 9.17) is 0 Å². The van der Waals surface area contributed by atoms with E-state index in [1.54, 1.807) is 40.8 Å². The van der Waals surface area contributed by atoms with Crippen molar-refractivity contribution in [2.24, 2.45) is 0 Å². The van der Waals surface area contributed by atoms with Crippen LogP contribution in [0, 0.1) is 13.8 Å². The molecule has 0 saturated carbocycles. The fourth-order valence-electron chi connectivity index (χ4n) is 2.04. The molecule has 0 aliphatic carbocycles. The summed E-state index contributed by atoms with van der Waals surface area (Å²) >= 11 is 0. The Morgan fingerprint density at radius 2 is 2.11 bits per heavy atom. The summed E-state index contributed by atoms with van der Waals surface area (Å²) in [4.78, 5) is 26.7. The van der Waals surface area contributed by atoms with Gasteiger partial charge in [-0.15, -0.1) is 0 Å². The second kappa shape index (κ2) is 3.49. The van der Waals surface area contributed by atoms with Crippen LogP contribution in [0.5, 0.6) is 0 Å². The van der Waals surface area contributed by atoms with Crippen molar-refractivity contribution >= 4 is 6.41 Å². The van der Waals surface area contributed by atoms with Crippen LogP contribution in [0.3, 0.4) is 0 Å². The summed E-state index contributed by atoms with van der Waals surface area (Å²) in [5.41, 5.74) is 1.18. The molecular weight excluding hydrogens is 232 g/mol. The maximum absolute atomic E-state index is 11.9. The summed E-state index contributed by atoms with van der Waals surface area (Å²) < 4.78 is 4.89. The monoisotopic (exact) mass is 243 g/mol. The molecule has 6 nitrogen and oxygen atoms in total. The zero-order valence-corrected chi connectivity index (χ0v) is 9.99. The van der Waals surface area contributed by atoms with Crippen LogP contribution in [0.2, 0.25) is 0 Å². The summed E-state index contributed by atoms with van der Waals surface area (Å²) in [6.07, 6.45) is 7.44. The highest BCUT2D eigenvalue weighted by molar-refractivity contribution is 5.62. The minimum atomic E-state index is -0.0205. The molecule has 0 aliphatic heterocycles. The molecule has 2 heterocycles. The van der Waals surface area contributed by atoms with Crippen LogP contribution in [0.4, 0.5) is 0 Å². The second-order valence-electron chi connectivity index (χ2n) is 4.10. The number of carbonyl (C=O) groups is 1. The standard InChI is InChI=1S/C12H11N4O2/c1-8-13-3-4-15(8)10-11(12(10)18)16-6-5-14(7-17)9(16)2/h3-7H,1-2H3/q+1. The summed E-state index contributed by atoms with van der Waals surface area (Å²) in [6.45, 7) is 3.62. The molecule has 0 saturated heterocycles. The lowest BCUT2D eigenvalue weighted by atomic mass is 10.6. The SMILES string of the molecule is Cc1nccn1-c1c(-[n+]2ccn(C=O)c2C)c1=O. The first-order valence-electron chi connectivity index (χ1n) is 5.49. The highest BCUT2D eigenvalue weighted by Gasteiger charge is 2.33. The second-order valence-corrected chi connectivity index (χ2v) is 4.10. The number of hydrogen-bond acceptors (Lipinski definition) is 3. The summed E-state index contributed by atoms with van der Waals surface area (Å²) in [5, 5.41) is 0. The van der Waals surface area contributed by atoms with E-state index in [1.165, 1.54) is 4.57 Å². The third-order valence-corrected chi connectivity index (χ3v) is 3.11. The van der Waals surface area contributed by atoms with Crippen LogP contribution in [0.1, 0.15) is 11.6 Å². The first-order valence-corrected chi connectivity index (χ1v) is 5.49. The molecule has 0 spiro atoms. The van der Waals surface area contributed by atoms with Crippen molar-refractivity contribution in [2.75, 3.05) is 0 Å². The predicted molar refractivity (Wildman–Crippen MR) is 63.4 cm³/mol. The van der Waals surface area contributed by atoms with E-state index in [9.17, 15) is 9.59 Å². The van der Waals surface area contributed by atoms with Gasteiger partial charge in [0.25, 0.3) is 11.3 Å². The average Bonchev–Trinajstić information content (AvgIpc) is 2.72. The number of aromatic nitrogens is 4. The topological polar surface area (TPSA) is 60.8 Å². The number of aryl methyl sites for hydroxylation is 1. The van der Waals surface area contributed by atoms with Gasteiger partial charge in [0.1, 0.15) is 18.2 Å². The number of rotatable bonds is 3. The molecule has 0 N–H and O–H groups in total. The van der Waals surface area contributed by atoms with E-state index in [0.29, 0.717) is 23.6 Å². The third-order valence-electron chi connectivity index (χ3n) is 3.11. The minimum absolute atomic E-state index is 0.0205. The van der Waals surface area contributed by atoms with Crippen LogP contribution >= 0.6 is 0 Å². The zero-order chi connectivity index (χ0) is 12.9. The van der Waals surface area contributed by atoms with Crippen LogP contribution < -0.4 is 10.00 Å². The van der Waals surface area contributed by atoms with Gasteiger partial charge >= 0.3 is 6.41 Å². The highest BCUT2D eigenvalue weighted by Crippen LogP contribution is 2.17. The van der Waals surface area contributed by atoms with E-state index < -0.39 is 0 Å². The van der Waals surface area contributed by atoms with Gasteiger partial charge < -0.3 is 0 Å². The van der Waals surface area contributed by atoms with E-state index in [1.807, 2.05) is 6.92 Å². The molecule has 3 rings (SSSR count). The fraction of sp³-hybridized carbons (Fsp3) is 0.167. The van der Waals surface area contributed by atoms with Crippen molar-refractivity contribution in [1.29, 1.82) is 0 Å². The maximum atomic E-state index is 11.9. The lowest BCUT2D eigenvalue weighted by Gasteiger charge is -1.94. The molecular formula is C12H11N4O2+. The average molecular weight is 243 g/mol. The molecule has 0 bridgehead atoms. The quantitative estimate of drug-likeness (QED) is 0.474. The van der Waals surface area contributed by atoms with Crippen LogP contribution in [0.25, 0.3) is 11.4 Å². The Labute approximate surface area is 102 Å². The maximum Gasteiger partial charge on any atom is 0.302 e. The Hall–Kier alpha value is -2.50. The normalized spacial score (nSPS) is 11.2. The fourth-order valence-corrected chi connectivity index (χ4v) is 2.04. The molecule has 0 amide bonds. The van der Waals surface area contributed by atoms with Crippen molar-refractivity contribution in [2.45, 2.75) is 13.8 Å². The Morgan fingerprint density at radius 1 is 1.33 bits per heavy atom. The van der Waals surface area contributed by atoms with Crippen LogP contribution in [-0.2, 0) is 4.79 Å². The minimum Gasteiger partial charge on any atom is -0.296 e. The summed E-state index contributed by atoms with van der Waals surface area (Å²) in [6, 6.07) is 0. The third kappa shape index (κ3) is 1.29. The lowest BCUT2D eigenvalue weighted by molar-refractivity contribution is -0.598. The number of nitrogens with zero attached hydrogens (tertiary/aromatic N) is 4. The molecule has 0 radical (unpaired) electrons. The number of hydrogen-bond donors (Lipinski definition) is 0. The summed E-state index contributed by atoms with van der Waals surface area (Å²) in [7, 11) is 0. The van der Waals surface area contributed by atoms with Crippen molar-refractivity contribution in [3.05, 3.63) is 46.7 Å². The molecule has 0 fully saturated rings. The molecule has 0 unspecified atom stereocenters. The van der Waals surface area contributed by atoms with Gasteiger partial charge in [-0.1, -0.05) is 0 Å². The Balaban J connectivity index is 2.11. The van der Waals surface area contributed by atoms with E-state index >= 15 is 0 Å². The highest BCUT2D eigenvalue weighted by atomic mass is 16.1. The first kappa shape index (κ1) is 10.6. The van der Waals surface area contributed by atoms with Gasteiger partial charge in [0.2, 0.25) is 5.69 Å². The van der Waals surface area contributed by atoms with E-state index in [-0.39, 0.29) is 5.43 Å². The van der Waals surface area contributed by atoms with Gasteiger partial charge in [0.15, 0.2) is 5.69 Å². The van der Waals surface area contributed by atoms with Gasteiger partial charge in [0.05, 0.1) is 0 Å². The molecule has 2 aromatic heterocycles. The van der Waals surface area contributed by atoms with Crippen LogP contribution in [0.15, 0.2) is 29.6 Å².